The minimum absolute atomic E-state index is 0.263. The van der Waals surface area contributed by atoms with Crippen molar-refractivity contribution < 1.29 is 39.5 Å². The number of hydrogen-bond donors (Lipinski definition) is 6. The number of benzene rings is 2. The number of carbonyl (C=O) groups is 1. The van der Waals surface area contributed by atoms with Gasteiger partial charge in [-0.05, 0) is 72.8 Å². The second-order valence-electron chi connectivity index (χ2n) is 9.87. The van der Waals surface area contributed by atoms with E-state index in [4.69, 9.17) is 9.84 Å². The third-order valence-corrected chi connectivity index (χ3v) is 8.24. The number of aliphatic carboxylic acids is 1. The van der Waals surface area contributed by atoms with Gasteiger partial charge in [-0.25, -0.2) is 4.39 Å². The minimum atomic E-state index is -1.41. The van der Waals surface area contributed by atoms with Gasteiger partial charge in [0.15, 0.2) is 0 Å². The monoisotopic (exact) mass is 559 g/mol. The molecule has 0 unspecified atom stereocenters. The first-order valence-electron chi connectivity index (χ1n) is 12.9. The second kappa shape index (κ2) is 13.1. The largest absolute Gasteiger partial charge is 0.480 e. The van der Waals surface area contributed by atoms with Gasteiger partial charge in [-0.2, -0.15) is 0 Å². The van der Waals surface area contributed by atoms with E-state index in [1.54, 1.807) is 23.5 Å². The average molecular weight is 560 g/mol. The van der Waals surface area contributed by atoms with Crippen molar-refractivity contribution in [2.45, 2.75) is 62.7 Å². The molecule has 2 aliphatic heterocycles. The van der Waals surface area contributed by atoms with Gasteiger partial charge in [0.05, 0.1) is 6.61 Å². The Morgan fingerprint density at radius 2 is 1.79 bits per heavy atom. The van der Waals surface area contributed by atoms with Crippen molar-refractivity contribution in [1.82, 2.24) is 5.32 Å². The van der Waals surface area contributed by atoms with Crippen LogP contribution in [0.4, 0.5) is 4.39 Å². The van der Waals surface area contributed by atoms with Crippen molar-refractivity contribution in [3.05, 3.63) is 82.0 Å². The topological polar surface area (TPSA) is 139 Å². The van der Waals surface area contributed by atoms with Gasteiger partial charge in [-0.3, -0.25) is 4.79 Å². The lowest BCUT2D eigenvalue weighted by Gasteiger charge is -2.40. The van der Waals surface area contributed by atoms with E-state index in [0.29, 0.717) is 12.0 Å². The summed E-state index contributed by atoms with van der Waals surface area (Å²) >= 11 is 1.63. The predicted octanol–water partition coefficient (Wildman–Crippen LogP) is 2.79. The summed E-state index contributed by atoms with van der Waals surface area (Å²) in [5, 5.41) is 51.2. The van der Waals surface area contributed by atoms with Gasteiger partial charge in [-0.15, -0.1) is 11.3 Å². The Morgan fingerprint density at radius 3 is 2.41 bits per heavy atom. The minimum Gasteiger partial charge on any atom is -0.480 e. The van der Waals surface area contributed by atoms with Crippen LogP contribution in [-0.2, 0) is 16.0 Å². The number of aliphatic hydroxyl groups excluding tert-OH is 4. The van der Waals surface area contributed by atoms with Gasteiger partial charge in [0, 0.05) is 16.2 Å². The first-order chi connectivity index (χ1) is 18.7. The zero-order valence-corrected chi connectivity index (χ0v) is 22.4. The number of halogens is 1. The van der Waals surface area contributed by atoms with E-state index in [1.807, 2.05) is 37.3 Å². The molecule has 0 spiro atoms. The van der Waals surface area contributed by atoms with E-state index in [0.717, 1.165) is 45.8 Å². The number of aryl methyl sites for hydroxylation is 1. The van der Waals surface area contributed by atoms with Gasteiger partial charge in [-0.1, -0.05) is 30.3 Å². The molecule has 39 heavy (non-hydrogen) atoms. The first-order valence-corrected chi connectivity index (χ1v) is 13.7. The number of rotatable bonds is 6. The van der Waals surface area contributed by atoms with E-state index in [9.17, 15) is 29.6 Å². The highest BCUT2D eigenvalue weighted by Gasteiger charge is 2.44. The van der Waals surface area contributed by atoms with Crippen LogP contribution in [0, 0.1) is 12.7 Å². The van der Waals surface area contributed by atoms with Crippen LogP contribution in [0.15, 0.2) is 54.6 Å². The summed E-state index contributed by atoms with van der Waals surface area (Å²) in [5.41, 5.74) is 3.75. The average Bonchev–Trinajstić information content (AvgIpc) is 3.63. The Balaban J connectivity index is 0.000000379. The Hall–Kier alpha value is -2.70. The molecule has 3 aromatic rings. The lowest BCUT2D eigenvalue weighted by molar-refractivity contribution is -0.231. The maximum absolute atomic E-state index is 13.2. The zero-order chi connectivity index (χ0) is 28.1. The molecule has 5 rings (SSSR count). The summed E-state index contributed by atoms with van der Waals surface area (Å²) in [6.07, 6.45) is -3.43. The molecule has 8 nitrogen and oxygen atoms in total. The maximum Gasteiger partial charge on any atom is 0.320 e. The lowest BCUT2D eigenvalue weighted by atomic mass is 9.89. The Bertz CT molecular complexity index is 1240. The molecule has 1 aromatic heterocycles. The van der Waals surface area contributed by atoms with Crippen LogP contribution in [0.1, 0.15) is 40.5 Å². The fourth-order valence-electron chi connectivity index (χ4n) is 4.76. The standard InChI is InChI=1S/C24H25FO5S.C5H9NO2/c1-13-2-3-15(24-23(29)22(28)21(27)19(12-26)30-24)10-16(13)11-18-8-9-20(31-18)14-4-6-17(25)7-5-14;7-5(8)4-2-1-3-6-4/h2-10,19,21-24,26-29H,11-12H2,1H3;4,6H,1-3H2,(H,7,8)/t19-,21-,22+,23-,24+;4-/m11/s1. The fourth-order valence-corrected chi connectivity index (χ4v) is 5.80. The van der Waals surface area contributed by atoms with Gasteiger partial charge < -0.3 is 35.6 Å². The number of aliphatic hydroxyl groups is 4. The molecule has 6 N–H and O–H groups in total. The van der Waals surface area contributed by atoms with Crippen LogP contribution < -0.4 is 5.32 Å². The van der Waals surface area contributed by atoms with Crippen molar-refractivity contribution in [2.75, 3.05) is 13.2 Å². The van der Waals surface area contributed by atoms with E-state index in [2.05, 4.69) is 5.32 Å². The number of carboxylic acid groups (broad SMARTS) is 1. The van der Waals surface area contributed by atoms with E-state index in [1.165, 1.54) is 12.1 Å². The number of hydrogen-bond acceptors (Lipinski definition) is 8. The Morgan fingerprint density at radius 1 is 1.05 bits per heavy atom. The normalized spacial score (nSPS) is 26.6. The van der Waals surface area contributed by atoms with E-state index in [-0.39, 0.29) is 11.9 Å². The molecule has 3 heterocycles. The summed E-state index contributed by atoms with van der Waals surface area (Å²) in [6, 6.07) is 15.9. The fraction of sp³-hybridized carbons (Fsp3) is 0.414. The van der Waals surface area contributed by atoms with Crippen LogP contribution in [0.25, 0.3) is 10.4 Å². The van der Waals surface area contributed by atoms with Gasteiger partial charge in [0.2, 0.25) is 0 Å². The molecule has 0 amide bonds. The first kappa shape index (κ1) is 29.3. The van der Waals surface area contributed by atoms with Crippen molar-refractivity contribution in [1.29, 1.82) is 0 Å². The second-order valence-corrected chi connectivity index (χ2v) is 11.0. The summed E-state index contributed by atoms with van der Waals surface area (Å²) in [6.45, 7) is 2.40. The highest BCUT2D eigenvalue weighted by Crippen LogP contribution is 2.35. The van der Waals surface area contributed by atoms with Crippen molar-refractivity contribution in [3.63, 3.8) is 0 Å². The van der Waals surface area contributed by atoms with Crippen LogP contribution in [0.3, 0.4) is 0 Å². The molecule has 10 heteroatoms. The molecule has 0 radical (unpaired) electrons. The molecule has 0 bridgehead atoms. The SMILES string of the molecule is Cc1ccc([C@@H]2O[C@H](CO)[C@@H](O)[C@H](O)[C@H]2O)cc1Cc1ccc(-c2ccc(F)cc2)s1.O=C(O)[C@H]1CCCN1. The van der Waals surface area contributed by atoms with Crippen molar-refractivity contribution in [2.24, 2.45) is 0 Å². The van der Waals surface area contributed by atoms with Crippen molar-refractivity contribution >= 4 is 17.3 Å². The third kappa shape index (κ3) is 7.09. The molecule has 2 saturated heterocycles. The summed E-state index contributed by atoms with van der Waals surface area (Å²) in [5.74, 6) is -0.983. The molecule has 2 aliphatic rings. The number of nitrogens with one attached hydrogen (secondary N) is 1. The molecular weight excluding hydrogens is 525 g/mol. The highest BCUT2D eigenvalue weighted by molar-refractivity contribution is 7.15. The van der Waals surface area contributed by atoms with E-state index < -0.39 is 43.1 Å². The zero-order valence-electron chi connectivity index (χ0n) is 21.5. The molecule has 0 saturated carbocycles. The summed E-state index contributed by atoms with van der Waals surface area (Å²) in [4.78, 5) is 12.3. The van der Waals surface area contributed by atoms with Crippen LogP contribution in [0.5, 0.6) is 0 Å². The molecule has 210 valence electrons. The van der Waals surface area contributed by atoms with Crippen molar-refractivity contribution in [3.8, 4) is 10.4 Å². The lowest BCUT2D eigenvalue weighted by Crippen LogP contribution is -2.55. The van der Waals surface area contributed by atoms with Crippen LogP contribution in [0.2, 0.25) is 0 Å². The molecule has 2 fully saturated rings. The quantitative estimate of drug-likeness (QED) is 0.271. The highest BCUT2D eigenvalue weighted by atomic mass is 32.1. The number of ether oxygens (including phenoxy) is 1. The van der Waals surface area contributed by atoms with E-state index >= 15 is 0 Å². The van der Waals surface area contributed by atoms with Gasteiger partial charge in [0.1, 0.15) is 42.4 Å². The number of carboxylic acids is 1. The molecule has 2 aromatic carbocycles. The molecule has 6 atom stereocenters. The summed E-state index contributed by atoms with van der Waals surface area (Å²) < 4.78 is 18.9. The van der Waals surface area contributed by atoms with Crippen LogP contribution >= 0.6 is 11.3 Å². The maximum atomic E-state index is 13.2. The van der Waals surface area contributed by atoms with Gasteiger partial charge >= 0.3 is 5.97 Å². The molecular formula is C29H34FNO7S. The van der Waals surface area contributed by atoms with Gasteiger partial charge in [0.25, 0.3) is 0 Å². The smallest absolute Gasteiger partial charge is 0.320 e. The third-order valence-electron chi connectivity index (χ3n) is 7.11. The Kier molecular flexibility index (Phi) is 9.84. The summed E-state index contributed by atoms with van der Waals surface area (Å²) in [7, 11) is 0. The molecule has 0 aliphatic carbocycles. The van der Waals surface area contributed by atoms with Crippen LogP contribution in [-0.4, -0.2) is 75.1 Å². The predicted molar refractivity (Wildman–Crippen MR) is 145 cm³/mol. The number of thiophene rings is 1. The Labute approximate surface area is 230 Å².